The fourth-order valence-electron chi connectivity index (χ4n) is 3.35. The largest absolute Gasteiger partial charge is 0.319 e. The molecule has 4 nitrogen and oxygen atoms in total. The first-order valence-electron chi connectivity index (χ1n) is 7.88. The van der Waals surface area contributed by atoms with Crippen LogP contribution in [0.1, 0.15) is 44.9 Å². The van der Waals surface area contributed by atoms with Gasteiger partial charge in [0.15, 0.2) is 5.82 Å². The number of aryl methyl sites for hydroxylation is 1. The van der Waals surface area contributed by atoms with Crippen molar-refractivity contribution in [1.82, 2.24) is 14.8 Å². The van der Waals surface area contributed by atoms with Gasteiger partial charge in [-0.3, -0.25) is 4.68 Å². The lowest BCUT2D eigenvalue weighted by molar-refractivity contribution is 0.217. The topological polar surface area (TPSA) is 56.7 Å². The fraction of sp³-hybridized carbons (Fsp3) is 0.529. The van der Waals surface area contributed by atoms with Crippen LogP contribution in [0.5, 0.6) is 0 Å². The summed E-state index contributed by atoms with van der Waals surface area (Å²) in [5, 5.41) is 4.57. The van der Waals surface area contributed by atoms with Gasteiger partial charge >= 0.3 is 0 Å². The quantitative estimate of drug-likeness (QED) is 0.941. The molecule has 2 aromatic rings. The molecule has 3 rings (SSSR count). The van der Waals surface area contributed by atoms with Gasteiger partial charge in [0.1, 0.15) is 5.82 Å². The Morgan fingerprint density at radius 3 is 2.52 bits per heavy atom. The van der Waals surface area contributed by atoms with E-state index in [-0.39, 0.29) is 5.54 Å². The van der Waals surface area contributed by atoms with Crippen LogP contribution >= 0.6 is 0 Å². The van der Waals surface area contributed by atoms with Gasteiger partial charge in [0, 0.05) is 12.6 Å². The van der Waals surface area contributed by atoms with Gasteiger partial charge in [0.25, 0.3) is 0 Å². The van der Waals surface area contributed by atoms with E-state index in [4.69, 9.17) is 10.7 Å². The lowest BCUT2D eigenvalue weighted by atomic mass is 9.76. The van der Waals surface area contributed by atoms with Crippen LogP contribution in [-0.2, 0) is 12.6 Å². The molecule has 0 amide bonds. The van der Waals surface area contributed by atoms with Crippen molar-refractivity contribution in [2.45, 2.75) is 44.6 Å². The van der Waals surface area contributed by atoms with E-state index in [0.717, 1.165) is 36.0 Å². The molecular weight excluding hydrogens is 260 g/mol. The highest BCUT2D eigenvalue weighted by Crippen LogP contribution is 2.38. The minimum Gasteiger partial charge on any atom is -0.319 e. The number of nitrogens with two attached hydrogens (primary N) is 1. The van der Waals surface area contributed by atoms with Crippen LogP contribution in [0.2, 0.25) is 0 Å². The molecule has 1 aromatic heterocycles. The Labute approximate surface area is 126 Å². The minimum atomic E-state index is -0.319. The Kier molecular flexibility index (Phi) is 3.81. The Bertz CT molecular complexity index is 595. The van der Waals surface area contributed by atoms with Crippen molar-refractivity contribution in [3.63, 3.8) is 0 Å². The van der Waals surface area contributed by atoms with E-state index in [1.54, 1.807) is 0 Å². The lowest BCUT2D eigenvalue weighted by Crippen LogP contribution is -2.42. The number of benzene rings is 1. The molecule has 1 fully saturated rings. The van der Waals surface area contributed by atoms with E-state index in [1.165, 1.54) is 19.3 Å². The molecule has 1 aliphatic carbocycles. The summed E-state index contributed by atoms with van der Waals surface area (Å²) < 4.78 is 1.87. The van der Waals surface area contributed by atoms with Crippen LogP contribution in [0.15, 0.2) is 30.3 Å². The maximum Gasteiger partial charge on any atom is 0.181 e. The van der Waals surface area contributed by atoms with Gasteiger partial charge in [0.2, 0.25) is 0 Å². The number of hydrogen-bond donors (Lipinski definition) is 1. The summed E-state index contributed by atoms with van der Waals surface area (Å²) in [5.74, 6) is 2.52. The second kappa shape index (κ2) is 5.60. The molecule has 0 aliphatic heterocycles. The monoisotopic (exact) mass is 284 g/mol. The summed E-state index contributed by atoms with van der Waals surface area (Å²) in [6, 6.07) is 10.1. The summed E-state index contributed by atoms with van der Waals surface area (Å²) >= 11 is 0. The zero-order chi connectivity index (χ0) is 14.9. The SMILES string of the molecule is CCC1CCC(N)(c2nc(-c3ccccc3)nn2C)CC1. The molecule has 112 valence electrons. The van der Waals surface area contributed by atoms with Crippen molar-refractivity contribution in [2.24, 2.45) is 18.7 Å². The van der Waals surface area contributed by atoms with Crippen molar-refractivity contribution in [2.75, 3.05) is 0 Å². The molecule has 1 aromatic carbocycles. The highest BCUT2D eigenvalue weighted by molar-refractivity contribution is 5.54. The molecular formula is C17H24N4. The van der Waals surface area contributed by atoms with Crippen molar-refractivity contribution in [3.05, 3.63) is 36.2 Å². The third-order valence-electron chi connectivity index (χ3n) is 4.82. The molecule has 1 aliphatic rings. The van der Waals surface area contributed by atoms with Gasteiger partial charge in [-0.25, -0.2) is 4.98 Å². The summed E-state index contributed by atoms with van der Waals surface area (Å²) in [5.41, 5.74) is 7.39. The maximum absolute atomic E-state index is 6.67. The van der Waals surface area contributed by atoms with E-state index in [2.05, 4.69) is 12.0 Å². The third-order valence-corrected chi connectivity index (χ3v) is 4.82. The van der Waals surface area contributed by atoms with Crippen LogP contribution in [0.3, 0.4) is 0 Å². The number of aromatic nitrogens is 3. The van der Waals surface area contributed by atoms with E-state index in [1.807, 2.05) is 42.1 Å². The van der Waals surface area contributed by atoms with Gasteiger partial charge in [-0.15, -0.1) is 0 Å². The van der Waals surface area contributed by atoms with Gasteiger partial charge < -0.3 is 5.73 Å². The molecule has 0 bridgehead atoms. The lowest BCUT2D eigenvalue weighted by Gasteiger charge is -2.35. The average Bonchev–Trinajstić information content (AvgIpc) is 2.92. The summed E-state index contributed by atoms with van der Waals surface area (Å²) in [4.78, 5) is 4.75. The van der Waals surface area contributed by atoms with Crippen LogP contribution in [0.4, 0.5) is 0 Å². The van der Waals surface area contributed by atoms with E-state index in [9.17, 15) is 0 Å². The third kappa shape index (κ3) is 2.72. The Hall–Kier alpha value is -1.68. The molecule has 0 atom stereocenters. The number of hydrogen-bond acceptors (Lipinski definition) is 3. The fourth-order valence-corrected chi connectivity index (χ4v) is 3.35. The first-order valence-corrected chi connectivity index (χ1v) is 7.88. The molecule has 1 heterocycles. The number of rotatable bonds is 3. The molecule has 0 spiro atoms. The summed E-state index contributed by atoms with van der Waals surface area (Å²) in [6.45, 7) is 2.27. The van der Waals surface area contributed by atoms with Gasteiger partial charge in [-0.2, -0.15) is 5.10 Å². The molecule has 4 heteroatoms. The molecule has 0 saturated heterocycles. The Balaban J connectivity index is 1.88. The second-order valence-corrected chi connectivity index (χ2v) is 6.26. The van der Waals surface area contributed by atoms with E-state index >= 15 is 0 Å². The second-order valence-electron chi connectivity index (χ2n) is 6.26. The first kappa shape index (κ1) is 14.3. The van der Waals surface area contributed by atoms with Gasteiger partial charge in [-0.1, -0.05) is 43.7 Å². The van der Waals surface area contributed by atoms with Crippen LogP contribution < -0.4 is 5.73 Å². The highest BCUT2D eigenvalue weighted by atomic mass is 15.3. The molecule has 1 saturated carbocycles. The van der Waals surface area contributed by atoms with E-state index in [0.29, 0.717) is 0 Å². The smallest absolute Gasteiger partial charge is 0.181 e. The van der Waals surface area contributed by atoms with Crippen molar-refractivity contribution in [1.29, 1.82) is 0 Å². The molecule has 2 N–H and O–H groups in total. The highest BCUT2D eigenvalue weighted by Gasteiger charge is 2.36. The minimum absolute atomic E-state index is 0.319. The zero-order valence-corrected chi connectivity index (χ0v) is 12.9. The molecule has 21 heavy (non-hydrogen) atoms. The standard InChI is InChI=1S/C17H24N4/c1-3-13-9-11-17(18,12-10-13)16-19-15(20-21(16)2)14-7-5-4-6-8-14/h4-8,13H,3,9-12,18H2,1-2H3. The molecule has 0 unspecified atom stereocenters. The first-order chi connectivity index (χ1) is 10.1. The predicted octanol–water partition coefficient (Wildman–Crippen LogP) is 3.24. The van der Waals surface area contributed by atoms with E-state index < -0.39 is 0 Å². The predicted molar refractivity (Wildman–Crippen MR) is 84.6 cm³/mol. The zero-order valence-electron chi connectivity index (χ0n) is 12.9. The van der Waals surface area contributed by atoms with Crippen LogP contribution in [0, 0.1) is 5.92 Å². The Morgan fingerprint density at radius 2 is 1.90 bits per heavy atom. The molecule has 0 radical (unpaired) electrons. The van der Waals surface area contributed by atoms with Crippen molar-refractivity contribution < 1.29 is 0 Å². The Morgan fingerprint density at radius 1 is 1.24 bits per heavy atom. The maximum atomic E-state index is 6.67. The van der Waals surface area contributed by atoms with Gasteiger partial charge in [0.05, 0.1) is 5.54 Å². The number of nitrogens with zero attached hydrogens (tertiary/aromatic N) is 3. The van der Waals surface area contributed by atoms with Crippen LogP contribution in [0.25, 0.3) is 11.4 Å². The van der Waals surface area contributed by atoms with Crippen molar-refractivity contribution >= 4 is 0 Å². The average molecular weight is 284 g/mol. The van der Waals surface area contributed by atoms with Gasteiger partial charge in [-0.05, 0) is 31.6 Å². The van der Waals surface area contributed by atoms with Crippen molar-refractivity contribution in [3.8, 4) is 11.4 Å². The summed E-state index contributed by atoms with van der Waals surface area (Å²) in [7, 11) is 1.95. The van der Waals surface area contributed by atoms with Crippen LogP contribution in [-0.4, -0.2) is 14.8 Å². The summed E-state index contributed by atoms with van der Waals surface area (Å²) in [6.07, 6.45) is 5.66. The normalized spacial score (nSPS) is 26.0.